The lowest BCUT2D eigenvalue weighted by molar-refractivity contribution is -0.124. The Balaban J connectivity index is 1.22. The second-order valence-corrected chi connectivity index (χ2v) is 10.6. The highest BCUT2D eigenvalue weighted by Crippen LogP contribution is 2.44. The highest BCUT2D eigenvalue weighted by atomic mass is 16.2. The maximum absolute atomic E-state index is 13.9. The lowest BCUT2D eigenvalue weighted by Crippen LogP contribution is -2.46. The zero-order chi connectivity index (χ0) is 26.2. The molecule has 0 fully saturated rings. The number of carbonyl (C=O) groups is 2. The van der Waals surface area contributed by atoms with Gasteiger partial charge in [-0.3, -0.25) is 14.5 Å². The molecule has 2 atom stereocenters. The SMILES string of the molecule is CN1C(=O)c2ccccc2C(C(=O)NCCCN2CCc3ccccc3C2)C1c1cn(C)c2ccccc12. The Hall–Kier alpha value is -3.90. The normalized spacial score (nSPS) is 19.3. The van der Waals surface area contributed by atoms with Gasteiger partial charge in [-0.15, -0.1) is 0 Å². The van der Waals surface area contributed by atoms with E-state index in [4.69, 9.17) is 0 Å². The first kappa shape index (κ1) is 24.4. The average molecular weight is 507 g/mol. The molecule has 0 bridgehead atoms. The summed E-state index contributed by atoms with van der Waals surface area (Å²) in [6.45, 7) is 3.57. The van der Waals surface area contributed by atoms with E-state index >= 15 is 0 Å². The van der Waals surface area contributed by atoms with Gasteiger partial charge in [-0.1, -0.05) is 60.7 Å². The molecule has 1 aromatic heterocycles. The van der Waals surface area contributed by atoms with Crippen LogP contribution in [0, 0.1) is 0 Å². The molecule has 0 radical (unpaired) electrons. The molecule has 38 heavy (non-hydrogen) atoms. The minimum atomic E-state index is -0.485. The average Bonchev–Trinajstić information content (AvgIpc) is 3.28. The molecule has 2 amide bonds. The number of benzene rings is 3. The molecule has 6 rings (SSSR count). The number of aromatic nitrogens is 1. The molecule has 0 saturated heterocycles. The van der Waals surface area contributed by atoms with Gasteiger partial charge in [0, 0.05) is 68.5 Å². The molecule has 3 heterocycles. The van der Waals surface area contributed by atoms with Gasteiger partial charge in [0.1, 0.15) is 0 Å². The van der Waals surface area contributed by atoms with Crippen LogP contribution in [0.4, 0.5) is 0 Å². The number of aryl methyl sites for hydroxylation is 1. The summed E-state index contributed by atoms with van der Waals surface area (Å²) in [6, 6.07) is 24.0. The van der Waals surface area contributed by atoms with Crippen LogP contribution >= 0.6 is 0 Å². The van der Waals surface area contributed by atoms with Gasteiger partial charge in [0.05, 0.1) is 12.0 Å². The molecular weight excluding hydrogens is 472 g/mol. The third-order valence-electron chi connectivity index (χ3n) is 8.27. The largest absolute Gasteiger partial charge is 0.355 e. The molecule has 194 valence electrons. The first-order chi connectivity index (χ1) is 18.5. The van der Waals surface area contributed by atoms with Crippen molar-refractivity contribution in [3.8, 4) is 0 Å². The van der Waals surface area contributed by atoms with Gasteiger partial charge >= 0.3 is 0 Å². The highest BCUT2D eigenvalue weighted by molar-refractivity contribution is 6.02. The first-order valence-electron chi connectivity index (χ1n) is 13.5. The Bertz CT molecular complexity index is 1510. The molecule has 2 unspecified atom stereocenters. The molecule has 4 aromatic rings. The summed E-state index contributed by atoms with van der Waals surface area (Å²) in [4.78, 5) is 31.5. The summed E-state index contributed by atoms with van der Waals surface area (Å²) in [5.74, 6) is -0.562. The van der Waals surface area contributed by atoms with Crippen LogP contribution in [0.2, 0.25) is 0 Å². The first-order valence-corrected chi connectivity index (χ1v) is 13.5. The van der Waals surface area contributed by atoms with Crippen LogP contribution < -0.4 is 5.32 Å². The Morgan fingerprint density at radius 1 is 0.921 bits per heavy atom. The third kappa shape index (κ3) is 4.29. The number of hydrogen-bond acceptors (Lipinski definition) is 3. The fourth-order valence-electron chi connectivity index (χ4n) is 6.32. The van der Waals surface area contributed by atoms with Gasteiger partial charge in [-0.25, -0.2) is 0 Å². The van der Waals surface area contributed by atoms with Crippen molar-refractivity contribution >= 4 is 22.7 Å². The van der Waals surface area contributed by atoms with E-state index in [0.29, 0.717) is 12.1 Å². The summed E-state index contributed by atoms with van der Waals surface area (Å²) in [6.07, 6.45) is 4.03. The maximum Gasteiger partial charge on any atom is 0.254 e. The van der Waals surface area contributed by atoms with Crippen molar-refractivity contribution in [1.29, 1.82) is 0 Å². The number of amides is 2. The second kappa shape index (κ2) is 10.1. The van der Waals surface area contributed by atoms with Gasteiger partial charge in [-0.2, -0.15) is 0 Å². The van der Waals surface area contributed by atoms with E-state index < -0.39 is 5.92 Å². The van der Waals surface area contributed by atoms with E-state index in [9.17, 15) is 9.59 Å². The van der Waals surface area contributed by atoms with E-state index in [1.807, 2.05) is 50.5 Å². The van der Waals surface area contributed by atoms with Gasteiger partial charge in [-0.05, 0) is 41.7 Å². The van der Waals surface area contributed by atoms with Gasteiger partial charge in [0.2, 0.25) is 5.91 Å². The Morgan fingerprint density at radius 2 is 1.66 bits per heavy atom. The van der Waals surface area contributed by atoms with Crippen LogP contribution in [0.3, 0.4) is 0 Å². The topological polar surface area (TPSA) is 57.6 Å². The highest BCUT2D eigenvalue weighted by Gasteiger charge is 2.43. The lowest BCUT2D eigenvalue weighted by atomic mass is 9.79. The van der Waals surface area contributed by atoms with Crippen molar-refractivity contribution in [3.05, 3.63) is 107 Å². The van der Waals surface area contributed by atoms with Crippen molar-refractivity contribution in [2.24, 2.45) is 7.05 Å². The van der Waals surface area contributed by atoms with E-state index in [1.165, 1.54) is 11.1 Å². The van der Waals surface area contributed by atoms with Crippen LogP contribution in [0.25, 0.3) is 10.9 Å². The Morgan fingerprint density at radius 3 is 2.53 bits per heavy atom. The van der Waals surface area contributed by atoms with Crippen LogP contribution in [-0.2, 0) is 24.8 Å². The molecular formula is C32H34N4O2. The number of likely N-dealkylation sites (N-methyl/N-ethyl adjacent to an activating group) is 1. The fourth-order valence-corrected chi connectivity index (χ4v) is 6.32. The number of hydrogen-bond donors (Lipinski definition) is 1. The molecule has 0 saturated carbocycles. The van der Waals surface area contributed by atoms with Crippen molar-refractivity contribution in [1.82, 2.24) is 19.7 Å². The predicted molar refractivity (Wildman–Crippen MR) is 150 cm³/mol. The van der Waals surface area contributed by atoms with E-state index in [1.54, 1.807) is 4.90 Å². The third-order valence-corrected chi connectivity index (χ3v) is 8.27. The number of rotatable bonds is 6. The van der Waals surface area contributed by atoms with Crippen LogP contribution in [0.15, 0.2) is 79.0 Å². The zero-order valence-electron chi connectivity index (χ0n) is 22.1. The maximum atomic E-state index is 13.9. The van der Waals surface area contributed by atoms with Crippen molar-refractivity contribution in [2.75, 3.05) is 26.7 Å². The molecule has 2 aliphatic heterocycles. The number of fused-ring (bicyclic) bond motifs is 3. The Labute approximate surface area is 223 Å². The minimum absolute atomic E-state index is 0.0290. The molecule has 2 aliphatic rings. The molecule has 3 aromatic carbocycles. The molecule has 0 aliphatic carbocycles. The summed E-state index contributed by atoms with van der Waals surface area (Å²) >= 11 is 0. The Kier molecular flexibility index (Phi) is 6.50. The molecule has 0 spiro atoms. The molecule has 6 heteroatoms. The smallest absolute Gasteiger partial charge is 0.254 e. The van der Waals surface area contributed by atoms with Crippen molar-refractivity contribution in [2.45, 2.75) is 31.3 Å². The standard InChI is InChI=1S/C32H34N4O2/c1-34-21-27(24-12-7-8-15-28(24)34)30-29(25-13-5-6-14-26(25)32(38)35(30)2)31(37)33-17-9-18-36-19-16-22-10-3-4-11-23(22)20-36/h3-8,10-15,21,29-30H,9,16-20H2,1-2H3,(H,33,37). The van der Waals surface area contributed by atoms with E-state index in [0.717, 1.165) is 54.5 Å². The number of nitrogens with one attached hydrogen (secondary N) is 1. The summed E-state index contributed by atoms with van der Waals surface area (Å²) in [5.41, 5.74) is 6.36. The van der Waals surface area contributed by atoms with Crippen LogP contribution in [0.1, 0.15) is 51.0 Å². The monoisotopic (exact) mass is 506 g/mol. The van der Waals surface area contributed by atoms with Gasteiger partial charge in [0.15, 0.2) is 0 Å². The molecule has 6 nitrogen and oxygen atoms in total. The van der Waals surface area contributed by atoms with Crippen LogP contribution in [0.5, 0.6) is 0 Å². The van der Waals surface area contributed by atoms with Crippen molar-refractivity contribution < 1.29 is 9.59 Å². The van der Waals surface area contributed by atoms with Crippen LogP contribution in [-0.4, -0.2) is 52.9 Å². The molecule has 1 N–H and O–H groups in total. The zero-order valence-corrected chi connectivity index (χ0v) is 22.1. The van der Waals surface area contributed by atoms with Gasteiger partial charge < -0.3 is 14.8 Å². The second-order valence-electron chi connectivity index (χ2n) is 10.6. The lowest BCUT2D eigenvalue weighted by Gasteiger charge is -2.39. The van der Waals surface area contributed by atoms with E-state index in [2.05, 4.69) is 57.4 Å². The van der Waals surface area contributed by atoms with Gasteiger partial charge in [0.25, 0.3) is 5.91 Å². The van der Waals surface area contributed by atoms with Crippen molar-refractivity contribution in [3.63, 3.8) is 0 Å². The number of para-hydroxylation sites is 1. The number of nitrogens with zero attached hydrogens (tertiary/aromatic N) is 3. The quantitative estimate of drug-likeness (QED) is 0.387. The summed E-state index contributed by atoms with van der Waals surface area (Å²) in [5, 5.41) is 4.30. The minimum Gasteiger partial charge on any atom is -0.355 e. The van der Waals surface area contributed by atoms with E-state index in [-0.39, 0.29) is 17.9 Å². The number of carbonyl (C=O) groups excluding carboxylic acids is 2. The summed E-state index contributed by atoms with van der Waals surface area (Å²) in [7, 11) is 3.83. The predicted octanol–water partition coefficient (Wildman–Crippen LogP) is 4.65. The fraction of sp³-hybridized carbons (Fsp3) is 0.312. The summed E-state index contributed by atoms with van der Waals surface area (Å²) < 4.78 is 2.08.